The van der Waals surface area contributed by atoms with E-state index in [1.807, 2.05) is 0 Å². The Morgan fingerprint density at radius 1 is 1.65 bits per heavy atom. The van der Waals surface area contributed by atoms with E-state index in [1.165, 1.54) is 18.4 Å². The molecule has 1 N–H and O–H groups in total. The molecule has 0 aliphatic heterocycles. The van der Waals surface area contributed by atoms with Crippen molar-refractivity contribution in [2.75, 3.05) is 12.4 Å². The lowest BCUT2D eigenvalue weighted by Gasteiger charge is -1.96. The number of aromatic nitrogens is 2. The summed E-state index contributed by atoms with van der Waals surface area (Å²) in [6, 6.07) is 1.76. The maximum absolute atomic E-state index is 11.4. The molecule has 17 heavy (non-hydrogen) atoms. The topological polar surface area (TPSA) is 77.2 Å². The summed E-state index contributed by atoms with van der Waals surface area (Å²) in [5.41, 5.74) is 0.655. The van der Waals surface area contributed by atoms with Gasteiger partial charge in [0.25, 0.3) is 0 Å². The van der Waals surface area contributed by atoms with Crippen molar-refractivity contribution in [3.05, 3.63) is 28.6 Å². The van der Waals surface area contributed by atoms with E-state index in [1.54, 1.807) is 19.2 Å². The van der Waals surface area contributed by atoms with Crippen LogP contribution in [0.5, 0.6) is 0 Å². The fourth-order valence-corrected chi connectivity index (χ4v) is 2.13. The number of rotatable bonds is 4. The zero-order valence-electron chi connectivity index (χ0n) is 9.39. The van der Waals surface area contributed by atoms with Crippen molar-refractivity contribution in [3.8, 4) is 0 Å². The summed E-state index contributed by atoms with van der Waals surface area (Å²) in [6.07, 6.45) is 1.57. The third-order valence-electron chi connectivity index (χ3n) is 2.07. The molecule has 2 rings (SSSR count). The Morgan fingerprint density at radius 3 is 3.12 bits per heavy atom. The van der Waals surface area contributed by atoms with E-state index < -0.39 is 0 Å². The molecule has 0 atom stereocenters. The maximum Gasteiger partial charge on any atom is 0.350 e. The number of thiazole rings is 1. The smallest absolute Gasteiger partial charge is 0.350 e. The van der Waals surface area contributed by atoms with Crippen LogP contribution in [0, 0.1) is 6.92 Å². The first-order chi connectivity index (χ1) is 8.20. The van der Waals surface area contributed by atoms with Crippen LogP contribution in [0.25, 0.3) is 0 Å². The molecule has 0 saturated carbocycles. The number of hydrogen-bond donors (Lipinski definition) is 1. The van der Waals surface area contributed by atoms with Crippen molar-refractivity contribution in [2.45, 2.75) is 13.5 Å². The monoisotopic (exact) mass is 253 g/mol. The average molecular weight is 253 g/mol. The fraction of sp³-hybridized carbons (Fsp3) is 0.300. The van der Waals surface area contributed by atoms with Crippen LogP contribution in [-0.2, 0) is 11.3 Å². The van der Waals surface area contributed by atoms with Crippen LogP contribution in [0.3, 0.4) is 0 Å². The standard InChI is InChI=1S/C10H11N3O3S/c1-6-8(9(14)15-2)17-10(13-6)11-5-7-3-4-12-16-7/h3-4H,5H2,1-2H3,(H,11,13). The van der Waals surface area contributed by atoms with Gasteiger partial charge in [-0.1, -0.05) is 16.5 Å². The molecule has 0 aliphatic carbocycles. The van der Waals surface area contributed by atoms with Crippen LogP contribution in [0.1, 0.15) is 21.1 Å². The van der Waals surface area contributed by atoms with Gasteiger partial charge in [0.2, 0.25) is 0 Å². The number of aryl methyl sites for hydroxylation is 1. The minimum atomic E-state index is -0.368. The van der Waals surface area contributed by atoms with Crippen LogP contribution in [0.15, 0.2) is 16.8 Å². The van der Waals surface area contributed by atoms with Gasteiger partial charge in [0.05, 0.1) is 25.5 Å². The Bertz CT molecular complexity index is 507. The van der Waals surface area contributed by atoms with Gasteiger partial charge >= 0.3 is 5.97 Å². The second kappa shape index (κ2) is 4.96. The molecule has 0 saturated heterocycles. The van der Waals surface area contributed by atoms with Gasteiger partial charge in [0, 0.05) is 6.07 Å². The van der Waals surface area contributed by atoms with E-state index in [0.717, 1.165) is 0 Å². The zero-order chi connectivity index (χ0) is 12.3. The van der Waals surface area contributed by atoms with Gasteiger partial charge in [-0.3, -0.25) is 0 Å². The van der Waals surface area contributed by atoms with Crippen molar-refractivity contribution in [1.82, 2.24) is 10.1 Å². The van der Waals surface area contributed by atoms with Crippen molar-refractivity contribution >= 4 is 22.4 Å². The van der Waals surface area contributed by atoms with E-state index in [4.69, 9.17) is 4.52 Å². The highest BCUT2D eigenvalue weighted by Crippen LogP contribution is 2.23. The van der Waals surface area contributed by atoms with E-state index in [-0.39, 0.29) is 5.97 Å². The van der Waals surface area contributed by atoms with Gasteiger partial charge < -0.3 is 14.6 Å². The van der Waals surface area contributed by atoms with E-state index in [0.29, 0.717) is 28.0 Å². The maximum atomic E-state index is 11.4. The average Bonchev–Trinajstić information content (AvgIpc) is 2.94. The normalized spacial score (nSPS) is 10.2. The molecule has 0 unspecified atom stereocenters. The van der Waals surface area contributed by atoms with Crippen LogP contribution in [-0.4, -0.2) is 23.2 Å². The first kappa shape index (κ1) is 11.6. The molecule has 0 bridgehead atoms. The molecule has 2 heterocycles. The van der Waals surface area contributed by atoms with E-state index in [2.05, 4.69) is 20.2 Å². The Labute approximate surface area is 102 Å². The van der Waals surface area contributed by atoms with Crippen LogP contribution >= 0.6 is 11.3 Å². The van der Waals surface area contributed by atoms with Gasteiger partial charge in [-0.2, -0.15) is 0 Å². The van der Waals surface area contributed by atoms with Gasteiger partial charge in [-0.05, 0) is 6.92 Å². The number of hydrogen-bond acceptors (Lipinski definition) is 7. The SMILES string of the molecule is COC(=O)c1sc(NCc2ccno2)nc1C. The second-order valence-electron chi connectivity index (χ2n) is 3.26. The van der Waals surface area contributed by atoms with Gasteiger partial charge in [0.15, 0.2) is 10.9 Å². The largest absolute Gasteiger partial charge is 0.465 e. The highest BCUT2D eigenvalue weighted by atomic mass is 32.1. The molecular weight excluding hydrogens is 242 g/mol. The lowest BCUT2D eigenvalue weighted by molar-refractivity contribution is 0.0605. The minimum absolute atomic E-state index is 0.368. The Hall–Kier alpha value is -1.89. The number of nitrogens with zero attached hydrogens (tertiary/aromatic N) is 2. The molecule has 7 heteroatoms. The van der Waals surface area contributed by atoms with Crippen molar-refractivity contribution in [3.63, 3.8) is 0 Å². The van der Waals surface area contributed by atoms with Gasteiger partial charge in [-0.15, -0.1) is 0 Å². The number of carbonyl (C=O) groups excluding carboxylic acids is 1. The summed E-state index contributed by atoms with van der Waals surface area (Å²) >= 11 is 1.26. The number of esters is 1. The molecule has 2 aromatic rings. The number of carbonyl (C=O) groups is 1. The summed E-state index contributed by atoms with van der Waals surface area (Å²) in [5, 5.41) is 7.30. The predicted molar refractivity (Wildman–Crippen MR) is 62.0 cm³/mol. The Kier molecular flexibility index (Phi) is 3.38. The summed E-state index contributed by atoms with van der Waals surface area (Å²) in [4.78, 5) is 16.1. The Balaban J connectivity index is 2.05. The molecule has 2 aromatic heterocycles. The van der Waals surface area contributed by atoms with E-state index in [9.17, 15) is 4.79 Å². The van der Waals surface area contributed by atoms with Gasteiger partial charge in [0.1, 0.15) is 4.88 Å². The summed E-state index contributed by atoms with van der Waals surface area (Å²) in [7, 11) is 1.35. The first-order valence-electron chi connectivity index (χ1n) is 4.90. The third kappa shape index (κ3) is 2.62. The molecule has 0 amide bonds. The molecule has 0 radical (unpaired) electrons. The molecule has 6 nitrogen and oxygen atoms in total. The summed E-state index contributed by atoms with van der Waals surface area (Å²) < 4.78 is 9.59. The first-order valence-corrected chi connectivity index (χ1v) is 5.71. The van der Waals surface area contributed by atoms with E-state index >= 15 is 0 Å². The molecule has 90 valence electrons. The van der Waals surface area contributed by atoms with Crippen molar-refractivity contribution in [1.29, 1.82) is 0 Å². The lowest BCUT2D eigenvalue weighted by Crippen LogP contribution is -1.99. The quantitative estimate of drug-likeness (QED) is 0.838. The van der Waals surface area contributed by atoms with Gasteiger partial charge in [-0.25, -0.2) is 9.78 Å². The summed E-state index contributed by atoms with van der Waals surface area (Å²) in [5.74, 6) is 0.338. The predicted octanol–water partition coefficient (Wildman–Crippen LogP) is 1.84. The molecule has 0 fully saturated rings. The third-order valence-corrected chi connectivity index (χ3v) is 3.17. The lowest BCUT2D eigenvalue weighted by atomic mass is 10.4. The highest BCUT2D eigenvalue weighted by molar-refractivity contribution is 7.17. The van der Waals surface area contributed by atoms with Crippen molar-refractivity contribution in [2.24, 2.45) is 0 Å². The summed E-state index contributed by atoms with van der Waals surface area (Å²) in [6.45, 7) is 2.25. The second-order valence-corrected chi connectivity index (χ2v) is 4.26. The highest BCUT2D eigenvalue weighted by Gasteiger charge is 2.15. The minimum Gasteiger partial charge on any atom is -0.465 e. The van der Waals surface area contributed by atoms with Crippen LogP contribution in [0.2, 0.25) is 0 Å². The molecular formula is C10H11N3O3S. The van der Waals surface area contributed by atoms with Crippen LogP contribution < -0.4 is 5.32 Å². The number of methoxy groups -OCH3 is 1. The number of ether oxygens (including phenoxy) is 1. The molecule has 0 spiro atoms. The number of nitrogens with one attached hydrogen (secondary N) is 1. The fourth-order valence-electron chi connectivity index (χ4n) is 1.25. The number of anilines is 1. The van der Waals surface area contributed by atoms with Crippen LogP contribution in [0.4, 0.5) is 5.13 Å². The zero-order valence-corrected chi connectivity index (χ0v) is 10.2. The molecule has 0 aromatic carbocycles. The Morgan fingerprint density at radius 2 is 2.47 bits per heavy atom. The molecule has 0 aliphatic rings. The van der Waals surface area contributed by atoms with Crippen molar-refractivity contribution < 1.29 is 14.1 Å².